The van der Waals surface area contributed by atoms with Crippen molar-refractivity contribution in [3.05, 3.63) is 58.3 Å². The van der Waals surface area contributed by atoms with E-state index in [1.54, 1.807) is 18.2 Å². The summed E-state index contributed by atoms with van der Waals surface area (Å²) in [5.41, 5.74) is 1.88. The monoisotopic (exact) mass is 309 g/mol. The first-order valence-corrected chi connectivity index (χ1v) is 6.36. The van der Waals surface area contributed by atoms with Gasteiger partial charge in [-0.15, -0.1) is 0 Å². The number of halogens is 2. The minimum atomic E-state index is -0.273. The van der Waals surface area contributed by atoms with E-state index >= 15 is 0 Å². The molecule has 0 bridgehead atoms. The number of rotatable bonds is 3. The number of phenols is 1. The molecule has 0 radical (unpaired) electrons. The van der Waals surface area contributed by atoms with Gasteiger partial charge in [-0.3, -0.25) is 0 Å². The lowest BCUT2D eigenvalue weighted by Crippen LogP contribution is -2.06. The third kappa shape index (κ3) is 3.01. The molecule has 0 aliphatic heterocycles. The Kier molecular flexibility index (Phi) is 3.87. The minimum Gasteiger partial charge on any atom is -0.508 e. The Morgan fingerprint density at radius 1 is 1.17 bits per heavy atom. The van der Waals surface area contributed by atoms with Crippen molar-refractivity contribution < 1.29 is 9.50 Å². The van der Waals surface area contributed by atoms with Gasteiger partial charge in [-0.2, -0.15) is 0 Å². The van der Waals surface area contributed by atoms with Gasteiger partial charge in [0, 0.05) is 16.2 Å². The number of hydrogen-bond acceptors (Lipinski definition) is 2. The van der Waals surface area contributed by atoms with Crippen LogP contribution in [0.2, 0.25) is 0 Å². The molecule has 2 N–H and O–H groups in total. The van der Waals surface area contributed by atoms with Gasteiger partial charge in [-0.25, -0.2) is 4.39 Å². The lowest BCUT2D eigenvalue weighted by atomic mass is 10.1. The maximum Gasteiger partial charge on any atom is 0.124 e. The second kappa shape index (κ2) is 5.40. The van der Waals surface area contributed by atoms with E-state index in [2.05, 4.69) is 21.2 Å². The molecule has 0 spiro atoms. The van der Waals surface area contributed by atoms with Crippen LogP contribution in [0, 0.1) is 5.82 Å². The van der Waals surface area contributed by atoms with E-state index in [0.717, 1.165) is 11.3 Å². The molecular weight excluding hydrogens is 297 g/mol. The fraction of sp³-hybridized carbons (Fsp3) is 0.143. The Hall–Kier alpha value is -1.55. The third-order valence-electron chi connectivity index (χ3n) is 2.70. The molecule has 94 valence electrons. The Bertz CT molecular complexity index is 542. The average molecular weight is 310 g/mol. The van der Waals surface area contributed by atoms with E-state index in [-0.39, 0.29) is 17.6 Å². The average Bonchev–Trinajstić information content (AvgIpc) is 2.33. The highest BCUT2D eigenvalue weighted by Crippen LogP contribution is 2.27. The number of phenolic OH excluding ortho intramolecular Hbond substituents is 1. The summed E-state index contributed by atoms with van der Waals surface area (Å²) in [5, 5.41) is 12.5. The Labute approximate surface area is 114 Å². The second-order valence-electron chi connectivity index (χ2n) is 4.08. The lowest BCUT2D eigenvalue weighted by molar-refractivity contribution is 0.475. The summed E-state index contributed by atoms with van der Waals surface area (Å²) in [6, 6.07) is 11.6. The molecule has 0 saturated carbocycles. The zero-order valence-electron chi connectivity index (χ0n) is 9.82. The van der Waals surface area contributed by atoms with E-state index < -0.39 is 0 Å². The van der Waals surface area contributed by atoms with Crippen LogP contribution in [0.4, 0.5) is 10.1 Å². The first-order chi connectivity index (χ1) is 8.56. The van der Waals surface area contributed by atoms with Gasteiger partial charge in [-0.05, 0) is 58.7 Å². The number of nitrogens with one attached hydrogen (secondary N) is 1. The molecular formula is C14H13BrFNO. The fourth-order valence-electron chi connectivity index (χ4n) is 1.69. The van der Waals surface area contributed by atoms with Crippen LogP contribution >= 0.6 is 15.9 Å². The summed E-state index contributed by atoms with van der Waals surface area (Å²) in [7, 11) is 0. The maximum absolute atomic E-state index is 13.0. The highest BCUT2D eigenvalue weighted by atomic mass is 79.9. The molecule has 0 heterocycles. The molecule has 1 atom stereocenters. The zero-order valence-corrected chi connectivity index (χ0v) is 11.4. The van der Waals surface area contributed by atoms with Gasteiger partial charge < -0.3 is 10.4 Å². The molecule has 2 nitrogen and oxygen atoms in total. The van der Waals surface area contributed by atoms with Crippen LogP contribution in [-0.4, -0.2) is 5.11 Å². The first-order valence-electron chi connectivity index (χ1n) is 5.57. The second-order valence-corrected chi connectivity index (χ2v) is 4.94. The van der Waals surface area contributed by atoms with Gasteiger partial charge in [0.15, 0.2) is 0 Å². The van der Waals surface area contributed by atoms with Gasteiger partial charge >= 0.3 is 0 Å². The van der Waals surface area contributed by atoms with E-state index in [4.69, 9.17) is 0 Å². The SMILES string of the molecule is CC(Nc1ccc(F)cc1Br)c1ccc(O)cc1. The van der Waals surface area contributed by atoms with Crippen LogP contribution < -0.4 is 5.32 Å². The van der Waals surface area contributed by atoms with Crippen molar-refractivity contribution in [1.82, 2.24) is 0 Å². The summed E-state index contributed by atoms with van der Waals surface area (Å²) in [6.45, 7) is 2.00. The number of aromatic hydroxyl groups is 1. The van der Waals surface area contributed by atoms with Crippen molar-refractivity contribution >= 4 is 21.6 Å². The fourth-order valence-corrected chi connectivity index (χ4v) is 2.15. The largest absolute Gasteiger partial charge is 0.508 e. The number of hydrogen-bond donors (Lipinski definition) is 2. The molecule has 1 unspecified atom stereocenters. The predicted molar refractivity (Wildman–Crippen MR) is 74.2 cm³/mol. The topological polar surface area (TPSA) is 32.3 Å². The molecule has 0 aliphatic rings. The van der Waals surface area contributed by atoms with Crippen LogP contribution in [0.25, 0.3) is 0 Å². The molecule has 2 aromatic rings. The third-order valence-corrected chi connectivity index (χ3v) is 3.35. The van der Waals surface area contributed by atoms with Gasteiger partial charge in [0.05, 0.1) is 0 Å². The highest BCUT2D eigenvalue weighted by Gasteiger charge is 2.08. The first kappa shape index (κ1) is 12.9. The van der Waals surface area contributed by atoms with Crippen molar-refractivity contribution in [2.45, 2.75) is 13.0 Å². The quantitative estimate of drug-likeness (QED) is 0.877. The van der Waals surface area contributed by atoms with Gasteiger partial charge in [0.25, 0.3) is 0 Å². The van der Waals surface area contributed by atoms with Crippen LogP contribution in [-0.2, 0) is 0 Å². The summed E-state index contributed by atoms with van der Waals surface area (Å²) in [6.07, 6.45) is 0. The molecule has 2 aromatic carbocycles. The van der Waals surface area contributed by atoms with Crippen molar-refractivity contribution in [1.29, 1.82) is 0 Å². The minimum absolute atomic E-state index is 0.0624. The molecule has 4 heteroatoms. The Balaban J connectivity index is 2.15. The molecule has 0 aliphatic carbocycles. The van der Waals surface area contributed by atoms with Gasteiger partial charge in [0.2, 0.25) is 0 Å². The van der Waals surface area contributed by atoms with E-state index in [9.17, 15) is 9.50 Å². The summed E-state index contributed by atoms with van der Waals surface area (Å²) in [4.78, 5) is 0. The molecule has 2 rings (SSSR count). The molecule has 0 fully saturated rings. The Morgan fingerprint density at radius 2 is 1.83 bits per heavy atom. The number of benzene rings is 2. The summed E-state index contributed by atoms with van der Waals surface area (Å²) >= 11 is 3.32. The molecule has 0 aromatic heterocycles. The van der Waals surface area contributed by atoms with Crippen LogP contribution in [0.3, 0.4) is 0 Å². The number of anilines is 1. The molecule has 0 saturated heterocycles. The summed E-state index contributed by atoms with van der Waals surface area (Å²) < 4.78 is 13.7. The Morgan fingerprint density at radius 3 is 2.44 bits per heavy atom. The predicted octanol–water partition coefficient (Wildman–Crippen LogP) is 4.47. The van der Waals surface area contributed by atoms with Gasteiger partial charge in [0.1, 0.15) is 11.6 Å². The molecule has 18 heavy (non-hydrogen) atoms. The highest BCUT2D eigenvalue weighted by molar-refractivity contribution is 9.10. The van der Waals surface area contributed by atoms with Crippen LogP contribution in [0.15, 0.2) is 46.9 Å². The van der Waals surface area contributed by atoms with E-state index in [0.29, 0.717) is 4.47 Å². The van der Waals surface area contributed by atoms with Crippen LogP contribution in [0.1, 0.15) is 18.5 Å². The lowest BCUT2D eigenvalue weighted by Gasteiger charge is -2.17. The van der Waals surface area contributed by atoms with E-state index in [1.807, 2.05) is 19.1 Å². The smallest absolute Gasteiger partial charge is 0.124 e. The maximum atomic E-state index is 13.0. The normalized spacial score (nSPS) is 12.2. The summed E-state index contributed by atoms with van der Waals surface area (Å²) in [5.74, 6) is -0.0291. The van der Waals surface area contributed by atoms with E-state index in [1.165, 1.54) is 12.1 Å². The standard InChI is InChI=1S/C14H13BrFNO/c1-9(10-2-5-12(18)6-3-10)17-14-7-4-11(16)8-13(14)15/h2-9,17-18H,1H3. The molecule has 0 amide bonds. The van der Waals surface area contributed by atoms with Crippen molar-refractivity contribution in [3.8, 4) is 5.75 Å². The van der Waals surface area contributed by atoms with Crippen LogP contribution in [0.5, 0.6) is 5.75 Å². The van der Waals surface area contributed by atoms with Crippen molar-refractivity contribution in [3.63, 3.8) is 0 Å². The van der Waals surface area contributed by atoms with Crippen molar-refractivity contribution in [2.24, 2.45) is 0 Å². The zero-order chi connectivity index (χ0) is 13.1. The van der Waals surface area contributed by atoms with Crippen molar-refractivity contribution in [2.75, 3.05) is 5.32 Å². The van der Waals surface area contributed by atoms with Gasteiger partial charge in [-0.1, -0.05) is 12.1 Å².